The average Bonchev–Trinajstić information content (AvgIpc) is 3.45. The Kier molecular flexibility index (Phi) is 12.1. The van der Waals surface area contributed by atoms with Gasteiger partial charge in [-0.3, -0.25) is 4.98 Å². The van der Waals surface area contributed by atoms with Gasteiger partial charge in [-0.25, -0.2) is 4.98 Å². The summed E-state index contributed by atoms with van der Waals surface area (Å²) in [4.78, 5) is 41.4. The lowest BCUT2D eigenvalue weighted by Crippen LogP contribution is -2.19. The predicted octanol–water partition coefficient (Wildman–Crippen LogP) is 6.90. The van der Waals surface area contributed by atoms with E-state index in [0.29, 0.717) is 38.5 Å². The molecule has 0 fully saturated rings. The zero-order valence-electron chi connectivity index (χ0n) is 30.1. The summed E-state index contributed by atoms with van der Waals surface area (Å²) < 4.78 is 0. The van der Waals surface area contributed by atoms with Crippen LogP contribution in [0, 0.1) is 6.92 Å². The van der Waals surface area contributed by atoms with Crippen LogP contribution in [0.25, 0.3) is 39.4 Å². The summed E-state index contributed by atoms with van der Waals surface area (Å²) in [5.41, 5.74) is 12.1. The first-order valence-electron chi connectivity index (χ1n) is 17.0. The van der Waals surface area contributed by atoms with E-state index >= 15 is 0 Å². The highest BCUT2D eigenvalue weighted by Gasteiger charge is 2.21. The van der Waals surface area contributed by atoms with Crippen molar-refractivity contribution in [3.8, 4) is 0 Å². The van der Waals surface area contributed by atoms with Crippen molar-refractivity contribution < 1.29 is 19.8 Å². The highest BCUT2D eigenvalue weighted by molar-refractivity contribution is 5.92. The number of fused-ring (bicyclic) bond motifs is 6. The Morgan fingerprint density at radius 2 is 1.52 bits per heavy atom. The molecular formula is C40H52N4O4. The summed E-state index contributed by atoms with van der Waals surface area (Å²) in [6.45, 7) is 17.0. The van der Waals surface area contributed by atoms with Crippen LogP contribution in [0.4, 0.5) is 0 Å². The molecule has 0 aromatic carbocycles. The van der Waals surface area contributed by atoms with Crippen molar-refractivity contribution in [3.63, 3.8) is 0 Å². The van der Waals surface area contributed by atoms with E-state index < -0.39 is 12.2 Å². The van der Waals surface area contributed by atoms with E-state index in [2.05, 4.69) is 35.9 Å². The van der Waals surface area contributed by atoms with Gasteiger partial charge in [-0.1, -0.05) is 17.2 Å². The maximum Gasteiger partial charge on any atom is 0.130 e. The number of rotatable bonds is 10. The van der Waals surface area contributed by atoms with Gasteiger partial charge in [0.05, 0.1) is 29.3 Å². The molecule has 256 valence electrons. The van der Waals surface area contributed by atoms with Gasteiger partial charge in [0.2, 0.25) is 0 Å². The molecule has 0 aliphatic carbocycles. The van der Waals surface area contributed by atoms with Crippen LogP contribution < -0.4 is 10.7 Å². The van der Waals surface area contributed by atoms with Crippen LogP contribution in [0.3, 0.4) is 0 Å². The molecule has 4 rings (SSSR count). The molecule has 8 heteroatoms. The summed E-state index contributed by atoms with van der Waals surface area (Å²) in [7, 11) is 0. The minimum absolute atomic E-state index is 0.151. The number of hydrogen-bond donors (Lipinski definition) is 4. The van der Waals surface area contributed by atoms with Crippen LogP contribution in [0.5, 0.6) is 0 Å². The van der Waals surface area contributed by atoms with E-state index in [1.54, 1.807) is 27.7 Å². The van der Waals surface area contributed by atoms with Gasteiger partial charge in [-0.15, -0.1) is 0 Å². The van der Waals surface area contributed by atoms with E-state index in [9.17, 15) is 19.8 Å². The number of allylic oxidation sites excluding steroid dienone is 4. The number of aliphatic hydroxyl groups is 2. The average molecular weight is 653 g/mol. The Balaban J connectivity index is 2.21. The first-order chi connectivity index (χ1) is 22.6. The fraction of sp³-hybridized carbons (Fsp3) is 0.450. The van der Waals surface area contributed by atoms with Gasteiger partial charge < -0.3 is 29.8 Å². The summed E-state index contributed by atoms with van der Waals surface area (Å²) in [6.07, 6.45) is 4.84. The number of nitrogens with zero attached hydrogens (tertiary/aromatic N) is 2. The topological polar surface area (TPSA) is 132 Å². The van der Waals surface area contributed by atoms with Gasteiger partial charge in [0, 0.05) is 52.3 Å². The Morgan fingerprint density at radius 3 is 2.15 bits per heavy atom. The fourth-order valence-corrected chi connectivity index (χ4v) is 6.30. The quantitative estimate of drug-likeness (QED) is 0.221. The molecular weight excluding hydrogens is 600 g/mol. The largest absolute Gasteiger partial charge is 0.393 e. The third-order valence-corrected chi connectivity index (χ3v) is 9.14. The number of hydrogen-bond acceptors (Lipinski definition) is 6. The normalized spacial score (nSPS) is 14.9. The number of H-pyrrole nitrogens is 2. The predicted molar refractivity (Wildman–Crippen MR) is 196 cm³/mol. The first-order valence-corrected chi connectivity index (χ1v) is 17.0. The second-order valence-corrected chi connectivity index (χ2v) is 13.7. The lowest BCUT2D eigenvalue weighted by atomic mass is 9.93. The molecule has 48 heavy (non-hydrogen) atoms. The number of aryl methyl sites for hydroxylation is 1. The summed E-state index contributed by atoms with van der Waals surface area (Å²) in [5.74, 6) is 0.313. The van der Waals surface area contributed by atoms with E-state index in [-0.39, 0.29) is 11.6 Å². The number of aromatic nitrogens is 4. The Labute approximate surface area is 284 Å². The van der Waals surface area contributed by atoms with Crippen LogP contribution >= 0.6 is 0 Å². The highest BCUT2D eigenvalue weighted by Crippen LogP contribution is 2.35. The molecule has 0 spiro atoms. The molecule has 2 atom stereocenters. The third-order valence-electron chi connectivity index (χ3n) is 9.14. The van der Waals surface area contributed by atoms with E-state index in [4.69, 9.17) is 9.97 Å². The van der Waals surface area contributed by atoms with Gasteiger partial charge in [-0.05, 0) is 135 Å². The molecule has 6 bridgehead atoms. The van der Waals surface area contributed by atoms with E-state index in [1.165, 1.54) is 5.57 Å². The molecule has 2 aliphatic rings. The van der Waals surface area contributed by atoms with Crippen molar-refractivity contribution in [3.05, 3.63) is 74.4 Å². The summed E-state index contributed by atoms with van der Waals surface area (Å²) in [6, 6.07) is 8.14. The van der Waals surface area contributed by atoms with Gasteiger partial charge >= 0.3 is 0 Å². The fourth-order valence-electron chi connectivity index (χ4n) is 6.30. The monoisotopic (exact) mass is 652 g/mol. The standard InChI is InChI=1S/C40H52N4O4/c1-22(2)34-20-36-26(6)30(15-13-24(4)46)17-32(42-36)19-38-33(12-10-11-23(3)45)27(7)37(43-38)21-39-40(29(9)48)28(8)35(44-39)18-31(41-34)16-14-25(5)47/h16,18-21,25,29,41,44,47-48H,10-15,17H2,1-9H3. The number of aliphatic hydroxyl groups excluding tert-OH is 2. The van der Waals surface area contributed by atoms with Gasteiger partial charge in [0.1, 0.15) is 11.6 Å². The van der Waals surface area contributed by atoms with Gasteiger partial charge in [0.25, 0.3) is 0 Å². The molecule has 0 saturated heterocycles. The van der Waals surface area contributed by atoms with Crippen molar-refractivity contribution in [1.29, 1.82) is 0 Å². The number of Topliss-reactive ketones (excluding diaryl/α,β-unsaturated/α-hetero) is 2. The number of aromatic amines is 2. The first kappa shape index (κ1) is 36.7. The second-order valence-electron chi connectivity index (χ2n) is 13.7. The van der Waals surface area contributed by atoms with Gasteiger partial charge in [-0.2, -0.15) is 0 Å². The molecule has 2 aromatic heterocycles. The molecule has 0 saturated carbocycles. The zero-order chi connectivity index (χ0) is 35.3. The third kappa shape index (κ3) is 9.05. The minimum Gasteiger partial charge on any atom is -0.393 e. The number of carbonyl (C=O) groups excluding carboxylic acids is 2. The van der Waals surface area contributed by atoms with Crippen molar-refractivity contribution in [2.75, 3.05) is 0 Å². The molecule has 8 nitrogen and oxygen atoms in total. The number of nitrogens with one attached hydrogen (secondary N) is 2. The lowest BCUT2D eigenvalue weighted by molar-refractivity contribution is -0.117. The maximum absolute atomic E-state index is 12.0. The van der Waals surface area contributed by atoms with E-state index in [1.807, 2.05) is 39.0 Å². The minimum atomic E-state index is -0.722. The van der Waals surface area contributed by atoms with Crippen molar-refractivity contribution in [2.45, 2.75) is 119 Å². The Bertz CT molecular complexity index is 1970. The molecule has 4 N–H and O–H groups in total. The van der Waals surface area contributed by atoms with Gasteiger partial charge in [0.15, 0.2) is 0 Å². The van der Waals surface area contributed by atoms with E-state index in [0.717, 1.165) is 84.3 Å². The molecule has 0 radical (unpaired) electrons. The van der Waals surface area contributed by atoms with Crippen LogP contribution in [-0.4, -0.2) is 47.8 Å². The van der Waals surface area contributed by atoms with Crippen molar-refractivity contribution in [1.82, 2.24) is 19.9 Å². The Morgan fingerprint density at radius 1 is 0.833 bits per heavy atom. The van der Waals surface area contributed by atoms with Crippen molar-refractivity contribution in [2.24, 2.45) is 0 Å². The number of ketones is 2. The van der Waals surface area contributed by atoms with Crippen molar-refractivity contribution >= 4 is 51.0 Å². The highest BCUT2D eigenvalue weighted by atomic mass is 16.3. The molecule has 4 heterocycles. The summed E-state index contributed by atoms with van der Waals surface area (Å²) >= 11 is 0. The smallest absolute Gasteiger partial charge is 0.130 e. The van der Waals surface area contributed by atoms with Crippen LogP contribution in [0.15, 0.2) is 29.8 Å². The SMILES string of the molecule is CC(=O)CCCC1=C(C)c2cc3[nH]c(cc(=CCC(C)O)[nH]c(=C(C)C)cc4nc(cc1n2)CC(CCC(C)=O)=C4C)c(C)c3C(C)O. The molecule has 0 amide bonds. The molecule has 2 unspecified atom stereocenters. The lowest BCUT2D eigenvalue weighted by Gasteiger charge is -2.17. The van der Waals surface area contributed by atoms with Crippen LogP contribution in [0.2, 0.25) is 0 Å². The van der Waals surface area contributed by atoms with Crippen LogP contribution in [0.1, 0.15) is 134 Å². The van der Waals surface area contributed by atoms with Crippen LogP contribution in [-0.2, 0) is 16.0 Å². The number of carbonyl (C=O) groups is 2. The second kappa shape index (κ2) is 15.8. The Hall–Kier alpha value is -4.14. The summed E-state index contributed by atoms with van der Waals surface area (Å²) in [5, 5.41) is 22.8. The maximum atomic E-state index is 12.0. The zero-order valence-corrected chi connectivity index (χ0v) is 30.1. The molecule has 2 aromatic rings. The molecule has 2 aliphatic heterocycles.